The molecule has 0 rings (SSSR count). The third kappa shape index (κ3) is 6.82. The Labute approximate surface area is 99.9 Å². The highest BCUT2D eigenvalue weighted by molar-refractivity contribution is 6.19. The van der Waals surface area contributed by atoms with E-state index in [1.54, 1.807) is 20.8 Å². The van der Waals surface area contributed by atoms with E-state index < -0.39 is 23.8 Å². The van der Waals surface area contributed by atoms with Crippen LogP contribution in [0.25, 0.3) is 0 Å². The molecular formula is C9H17Cl2NO3. The van der Waals surface area contributed by atoms with Gasteiger partial charge in [-0.05, 0) is 20.8 Å². The van der Waals surface area contributed by atoms with Crippen molar-refractivity contribution in [3.05, 3.63) is 0 Å². The van der Waals surface area contributed by atoms with Gasteiger partial charge in [-0.15, -0.1) is 23.2 Å². The summed E-state index contributed by atoms with van der Waals surface area (Å²) in [5.41, 5.74) is -0.577. The van der Waals surface area contributed by atoms with Crippen LogP contribution >= 0.6 is 23.2 Å². The summed E-state index contributed by atoms with van der Waals surface area (Å²) in [6.07, 6.45) is -1.49. The Morgan fingerprint density at radius 3 is 2.27 bits per heavy atom. The predicted octanol–water partition coefficient (Wildman–Crippen LogP) is 1.72. The summed E-state index contributed by atoms with van der Waals surface area (Å²) >= 11 is 11.0. The molecule has 0 aliphatic heterocycles. The zero-order chi connectivity index (χ0) is 12.1. The summed E-state index contributed by atoms with van der Waals surface area (Å²) in [5, 5.41) is 11.8. The zero-order valence-corrected chi connectivity index (χ0v) is 10.6. The summed E-state index contributed by atoms with van der Waals surface area (Å²) in [4.78, 5) is 11.3. The van der Waals surface area contributed by atoms with Crippen LogP contribution in [0.15, 0.2) is 0 Å². The SMILES string of the molecule is CC(C)(C)OC(=O)N[C@H](CCl)[C@@H](O)CCl. The lowest BCUT2D eigenvalue weighted by Crippen LogP contribution is -2.47. The number of carbonyl (C=O) groups is 1. The first-order chi connectivity index (χ1) is 6.80. The van der Waals surface area contributed by atoms with Crippen LogP contribution in [0.2, 0.25) is 0 Å². The van der Waals surface area contributed by atoms with Gasteiger partial charge in [0.1, 0.15) is 5.60 Å². The fraction of sp³-hybridized carbons (Fsp3) is 0.889. The Morgan fingerprint density at radius 2 is 1.93 bits per heavy atom. The van der Waals surface area contributed by atoms with Crippen molar-refractivity contribution in [2.75, 3.05) is 11.8 Å². The van der Waals surface area contributed by atoms with Crippen LogP contribution in [0.1, 0.15) is 20.8 Å². The van der Waals surface area contributed by atoms with Crippen molar-refractivity contribution in [3.63, 3.8) is 0 Å². The van der Waals surface area contributed by atoms with Crippen molar-refractivity contribution in [2.24, 2.45) is 0 Å². The minimum atomic E-state index is -0.878. The van der Waals surface area contributed by atoms with Crippen molar-refractivity contribution in [1.82, 2.24) is 5.32 Å². The molecule has 0 aromatic carbocycles. The van der Waals surface area contributed by atoms with E-state index in [-0.39, 0.29) is 11.8 Å². The van der Waals surface area contributed by atoms with E-state index in [4.69, 9.17) is 27.9 Å². The fourth-order valence-electron chi connectivity index (χ4n) is 0.804. The second-order valence-electron chi connectivity index (χ2n) is 4.13. The van der Waals surface area contributed by atoms with Gasteiger partial charge in [-0.2, -0.15) is 0 Å². The quantitative estimate of drug-likeness (QED) is 0.755. The number of rotatable bonds is 4. The van der Waals surface area contributed by atoms with Gasteiger partial charge in [0.25, 0.3) is 0 Å². The molecule has 0 unspecified atom stereocenters. The lowest BCUT2D eigenvalue weighted by molar-refractivity contribution is 0.0454. The second kappa shape index (κ2) is 6.40. The lowest BCUT2D eigenvalue weighted by atomic mass is 10.2. The summed E-state index contributed by atoms with van der Waals surface area (Å²) in [6, 6.07) is -0.598. The minimum absolute atomic E-state index is 0.00713. The molecule has 6 heteroatoms. The van der Waals surface area contributed by atoms with Gasteiger partial charge in [0.05, 0.1) is 18.0 Å². The molecule has 0 aromatic rings. The number of ether oxygens (including phenoxy) is 1. The van der Waals surface area contributed by atoms with E-state index in [1.807, 2.05) is 0 Å². The smallest absolute Gasteiger partial charge is 0.408 e. The summed E-state index contributed by atoms with van der Waals surface area (Å²) in [6.45, 7) is 5.25. The molecule has 2 N–H and O–H groups in total. The van der Waals surface area contributed by atoms with Gasteiger partial charge in [0.2, 0.25) is 0 Å². The van der Waals surface area contributed by atoms with Gasteiger partial charge >= 0.3 is 6.09 Å². The maximum absolute atomic E-state index is 11.3. The molecule has 0 aliphatic rings. The maximum Gasteiger partial charge on any atom is 0.408 e. The van der Waals surface area contributed by atoms with Crippen molar-refractivity contribution >= 4 is 29.3 Å². The molecule has 0 aromatic heterocycles. The molecule has 15 heavy (non-hydrogen) atoms. The zero-order valence-electron chi connectivity index (χ0n) is 9.09. The number of hydrogen-bond donors (Lipinski definition) is 2. The summed E-state index contributed by atoms with van der Waals surface area (Å²) in [7, 11) is 0. The van der Waals surface area contributed by atoms with Gasteiger partial charge in [0.15, 0.2) is 0 Å². The number of alkyl halides is 2. The van der Waals surface area contributed by atoms with Crippen LogP contribution in [-0.2, 0) is 4.74 Å². The maximum atomic E-state index is 11.3. The number of carbonyl (C=O) groups excluding carboxylic acids is 1. The van der Waals surface area contributed by atoms with Crippen molar-refractivity contribution in [3.8, 4) is 0 Å². The molecule has 0 radical (unpaired) electrons. The van der Waals surface area contributed by atoms with Crippen LogP contribution in [0.5, 0.6) is 0 Å². The third-order valence-corrected chi connectivity index (χ3v) is 2.14. The molecule has 4 nitrogen and oxygen atoms in total. The normalized spacial score (nSPS) is 15.6. The molecule has 0 aliphatic carbocycles. The molecule has 0 spiro atoms. The monoisotopic (exact) mass is 257 g/mol. The molecule has 0 bridgehead atoms. The Hall–Kier alpha value is -0.190. The molecular weight excluding hydrogens is 241 g/mol. The van der Waals surface area contributed by atoms with Gasteiger partial charge in [0, 0.05) is 5.88 Å². The highest BCUT2D eigenvalue weighted by Gasteiger charge is 2.23. The Bertz CT molecular complexity index is 206. The van der Waals surface area contributed by atoms with Gasteiger partial charge in [-0.3, -0.25) is 0 Å². The molecule has 2 atom stereocenters. The number of hydrogen-bond acceptors (Lipinski definition) is 3. The second-order valence-corrected chi connectivity index (χ2v) is 4.75. The van der Waals surface area contributed by atoms with E-state index in [9.17, 15) is 9.90 Å². The first-order valence-electron chi connectivity index (χ1n) is 4.59. The van der Waals surface area contributed by atoms with Crippen LogP contribution in [0, 0.1) is 0 Å². The Morgan fingerprint density at radius 1 is 1.40 bits per heavy atom. The minimum Gasteiger partial charge on any atom is -0.444 e. The molecule has 0 heterocycles. The predicted molar refractivity (Wildman–Crippen MR) is 60.6 cm³/mol. The summed E-state index contributed by atoms with van der Waals surface area (Å²) < 4.78 is 5.00. The standard InChI is InChI=1S/C9H17Cl2NO3/c1-9(2,3)15-8(14)12-6(4-10)7(13)5-11/h6-7,13H,4-5H2,1-3H3,(H,12,14)/t6-,7+/m1/s1. The van der Waals surface area contributed by atoms with E-state index in [1.165, 1.54) is 0 Å². The number of amides is 1. The van der Waals surface area contributed by atoms with Crippen LogP contribution in [-0.4, -0.2) is 40.7 Å². The molecule has 0 saturated carbocycles. The van der Waals surface area contributed by atoms with E-state index in [2.05, 4.69) is 5.32 Å². The third-order valence-electron chi connectivity index (χ3n) is 1.49. The fourth-order valence-corrected chi connectivity index (χ4v) is 1.30. The Kier molecular flexibility index (Phi) is 6.32. The average Bonchev–Trinajstić information content (AvgIpc) is 2.10. The number of aliphatic hydroxyl groups excluding tert-OH is 1. The Balaban J connectivity index is 4.13. The van der Waals surface area contributed by atoms with E-state index >= 15 is 0 Å². The number of halogens is 2. The number of nitrogens with one attached hydrogen (secondary N) is 1. The first-order valence-corrected chi connectivity index (χ1v) is 5.66. The highest BCUT2D eigenvalue weighted by Crippen LogP contribution is 2.08. The molecule has 0 fully saturated rings. The lowest BCUT2D eigenvalue weighted by Gasteiger charge is -2.24. The van der Waals surface area contributed by atoms with Crippen LogP contribution < -0.4 is 5.32 Å². The van der Waals surface area contributed by atoms with Crippen molar-refractivity contribution in [1.29, 1.82) is 0 Å². The van der Waals surface area contributed by atoms with Gasteiger partial charge < -0.3 is 15.2 Å². The van der Waals surface area contributed by atoms with E-state index in [0.717, 1.165) is 0 Å². The van der Waals surface area contributed by atoms with Crippen LogP contribution in [0.4, 0.5) is 4.79 Å². The molecule has 0 saturated heterocycles. The average molecular weight is 258 g/mol. The van der Waals surface area contributed by atoms with E-state index in [0.29, 0.717) is 0 Å². The van der Waals surface area contributed by atoms with Crippen molar-refractivity contribution < 1.29 is 14.6 Å². The summed E-state index contributed by atoms with van der Waals surface area (Å²) in [5.74, 6) is 0.0836. The largest absolute Gasteiger partial charge is 0.444 e. The number of alkyl carbamates (subject to hydrolysis) is 1. The topological polar surface area (TPSA) is 58.6 Å². The molecule has 90 valence electrons. The van der Waals surface area contributed by atoms with Gasteiger partial charge in [-0.1, -0.05) is 0 Å². The van der Waals surface area contributed by atoms with Crippen LogP contribution in [0.3, 0.4) is 0 Å². The molecule has 1 amide bonds. The first kappa shape index (κ1) is 14.8. The highest BCUT2D eigenvalue weighted by atomic mass is 35.5. The van der Waals surface area contributed by atoms with Crippen molar-refractivity contribution in [2.45, 2.75) is 38.5 Å². The van der Waals surface area contributed by atoms with Gasteiger partial charge in [-0.25, -0.2) is 4.79 Å². The number of aliphatic hydroxyl groups is 1.